The molecule has 1 heterocycles. The number of carbonyl (C=O) groups excluding carboxylic acids is 1. The highest BCUT2D eigenvalue weighted by atomic mass is 35.5. The predicted octanol–water partition coefficient (Wildman–Crippen LogP) is 7.40. The van der Waals surface area contributed by atoms with Crippen molar-refractivity contribution in [3.05, 3.63) is 111 Å². The third kappa shape index (κ3) is 4.31. The lowest BCUT2D eigenvalue weighted by Gasteiger charge is -2.22. The molecule has 6 heteroatoms. The van der Waals surface area contributed by atoms with E-state index in [1.807, 2.05) is 30.3 Å². The van der Waals surface area contributed by atoms with E-state index in [2.05, 4.69) is 0 Å². The van der Waals surface area contributed by atoms with E-state index in [4.69, 9.17) is 21.3 Å². The molecule has 3 aromatic carbocycles. The van der Waals surface area contributed by atoms with E-state index in [1.54, 1.807) is 18.2 Å². The number of benzene rings is 3. The summed E-state index contributed by atoms with van der Waals surface area (Å²) >= 11 is 6.10. The molecule has 0 saturated heterocycles. The summed E-state index contributed by atoms with van der Waals surface area (Å²) in [4.78, 5) is 18.2. The van der Waals surface area contributed by atoms with Crippen LogP contribution in [0.2, 0.25) is 5.02 Å². The first-order valence-corrected chi connectivity index (χ1v) is 11.4. The summed E-state index contributed by atoms with van der Waals surface area (Å²) in [5.74, 6) is -1.36. The molecule has 0 unspecified atom stereocenters. The van der Waals surface area contributed by atoms with Gasteiger partial charge in [-0.25, -0.2) is 18.6 Å². The van der Waals surface area contributed by atoms with Crippen molar-refractivity contribution in [2.45, 2.75) is 25.9 Å². The lowest BCUT2D eigenvalue weighted by molar-refractivity contribution is 0.0470. The zero-order chi connectivity index (χ0) is 23.7. The molecule has 1 aromatic heterocycles. The standard InChI is InChI=1S/C28H20ClF2NO2/c29-23-8-4-9-24(31)22(23)16-34-28(33)26-20-6-1-2-10-25(20)32-27-18(5-3-7-21(26)27)15-17-11-13-19(30)14-12-17/h1-2,4,6,8-15H,3,5,7,16H2. The number of pyridine rings is 1. The highest BCUT2D eigenvalue weighted by molar-refractivity contribution is 6.31. The zero-order valence-electron chi connectivity index (χ0n) is 18.2. The molecule has 1 aliphatic rings. The normalized spacial score (nSPS) is 14.3. The van der Waals surface area contributed by atoms with Crippen LogP contribution in [0.1, 0.15) is 45.6 Å². The second-order valence-electron chi connectivity index (χ2n) is 8.18. The van der Waals surface area contributed by atoms with Gasteiger partial charge in [0.15, 0.2) is 0 Å². The number of hydrogen-bond donors (Lipinski definition) is 0. The molecule has 1 aliphatic carbocycles. The molecule has 0 saturated carbocycles. The van der Waals surface area contributed by atoms with Gasteiger partial charge in [0.1, 0.15) is 18.2 Å². The van der Waals surface area contributed by atoms with E-state index in [1.165, 1.54) is 24.3 Å². The van der Waals surface area contributed by atoms with Crippen LogP contribution < -0.4 is 0 Å². The van der Waals surface area contributed by atoms with Crippen LogP contribution in [0.25, 0.3) is 22.6 Å². The van der Waals surface area contributed by atoms with Gasteiger partial charge in [-0.2, -0.15) is 0 Å². The third-order valence-corrected chi connectivity index (χ3v) is 6.35. The number of rotatable bonds is 4. The Morgan fingerprint density at radius 2 is 1.79 bits per heavy atom. The number of ether oxygens (including phenoxy) is 1. The van der Waals surface area contributed by atoms with Crippen LogP contribution in [-0.4, -0.2) is 11.0 Å². The molecular weight excluding hydrogens is 456 g/mol. The quantitative estimate of drug-likeness (QED) is 0.289. The van der Waals surface area contributed by atoms with E-state index in [0.29, 0.717) is 22.9 Å². The Kier molecular flexibility index (Phi) is 6.12. The van der Waals surface area contributed by atoms with Crippen LogP contribution in [0, 0.1) is 11.6 Å². The molecule has 0 radical (unpaired) electrons. The lowest BCUT2D eigenvalue weighted by Crippen LogP contribution is -2.15. The Balaban J connectivity index is 1.58. The Hall–Kier alpha value is -3.57. The van der Waals surface area contributed by atoms with Gasteiger partial charge < -0.3 is 4.74 Å². The number of carbonyl (C=O) groups is 1. The molecule has 0 fully saturated rings. The third-order valence-electron chi connectivity index (χ3n) is 5.99. The second kappa shape index (κ2) is 9.35. The van der Waals surface area contributed by atoms with E-state index < -0.39 is 11.8 Å². The van der Waals surface area contributed by atoms with Gasteiger partial charge in [-0.3, -0.25) is 0 Å². The van der Waals surface area contributed by atoms with Crippen molar-refractivity contribution >= 4 is 40.1 Å². The molecule has 0 spiro atoms. The van der Waals surface area contributed by atoms with Crippen LogP contribution in [0.4, 0.5) is 8.78 Å². The summed E-state index contributed by atoms with van der Waals surface area (Å²) in [5.41, 5.74) is 4.64. The van der Waals surface area contributed by atoms with Gasteiger partial charge >= 0.3 is 5.97 Å². The molecule has 3 nitrogen and oxygen atoms in total. The van der Waals surface area contributed by atoms with E-state index in [0.717, 1.165) is 35.2 Å². The maximum absolute atomic E-state index is 14.2. The summed E-state index contributed by atoms with van der Waals surface area (Å²) < 4.78 is 33.1. The summed E-state index contributed by atoms with van der Waals surface area (Å²) in [6.45, 7) is -0.270. The number of nitrogens with zero attached hydrogens (tertiary/aromatic N) is 1. The van der Waals surface area contributed by atoms with Crippen molar-refractivity contribution in [1.82, 2.24) is 4.98 Å². The second-order valence-corrected chi connectivity index (χ2v) is 8.59. The SMILES string of the molecule is O=C(OCc1c(F)cccc1Cl)c1c2c(nc3ccccc13)C(=Cc1ccc(F)cc1)CCC2. The van der Waals surface area contributed by atoms with Crippen molar-refractivity contribution in [3.63, 3.8) is 0 Å². The van der Waals surface area contributed by atoms with Gasteiger partial charge in [0.2, 0.25) is 0 Å². The Bertz CT molecular complexity index is 1410. The smallest absolute Gasteiger partial charge is 0.339 e. The molecular formula is C28H20ClF2NO2. The molecule has 0 aliphatic heterocycles. The van der Waals surface area contributed by atoms with Crippen LogP contribution in [0.3, 0.4) is 0 Å². The fourth-order valence-corrected chi connectivity index (χ4v) is 4.57. The molecule has 170 valence electrons. The topological polar surface area (TPSA) is 39.2 Å². The van der Waals surface area contributed by atoms with Crippen LogP contribution in [-0.2, 0) is 17.8 Å². The molecule has 0 atom stereocenters. The number of aromatic nitrogens is 1. The van der Waals surface area contributed by atoms with Crippen molar-refractivity contribution in [2.75, 3.05) is 0 Å². The predicted molar refractivity (Wildman–Crippen MR) is 129 cm³/mol. The fourth-order valence-electron chi connectivity index (χ4n) is 4.35. The Morgan fingerprint density at radius 3 is 2.59 bits per heavy atom. The maximum Gasteiger partial charge on any atom is 0.339 e. The first-order chi connectivity index (χ1) is 16.5. The average molecular weight is 476 g/mol. The van der Waals surface area contributed by atoms with Gasteiger partial charge in [-0.1, -0.05) is 48.0 Å². The molecule has 4 aromatic rings. The number of allylic oxidation sites excluding steroid dienone is 1. The minimum atomic E-state index is -0.544. The number of esters is 1. The highest BCUT2D eigenvalue weighted by Crippen LogP contribution is 2.36. The summed E-state index contributed by atoms with van der Waals surface area (Å²) in [6, 6.07) is 18.0. The van der Waals surface area contributed by atoms with Gasteiger partial charge in [0, 0.05) is 10.9 Å². The Labute approximate surface area is 200 Å². The molecule has 0 N–H and O–H groups in total. The van der Waals surface area contributed by atoms with Crippen LogP contribution in [0.15, 0.2) is 66.7 Å². The van der Waals surface area contributed by atoms with Gasteiger partial charge in [0.05, 0.1) is 21.8 Å². The zero-order valence-corrected chi connectivity index (χ0v) is 18.9. The van der Waals surface area contributed by atoms with E-state index >= 15 is 0 Å². The summed E-state index contributed by atoms with van der Waals surface area (Å²) in [5, 5.41) is 0.896. The molecule has 5 rings (SSSR count). The van der Waals surface area contributed by atoms with Crippen molar-refractivity contribution in [2.24, 2.45) is 0 Å². The Morgan fingerprint density at radius 1 is 1.00 bits per heavy atom. The number of halogens is 3. The van der Waals surface area contributed by atoms with Crippen molar-refractivity contribution in [1.29, 1.82) is 0 Å². The van der Waals surface area contributed by atoms with Gasteiger partial charge in [-0.05, 0) is 72.4 Å². The number of fused-ring (bicyclic) bond motifs is 2. The first-order valence-electron chi connectivity index (χ1n) is 11.0. The largest absolute Gasteiger partial charge is 0.457 e. The minimum absolute atomic E-state index is 0.140. The molecule has 0 bridgehead atoms. The maximum atomic E-state index is 14.2. The number of hydrogen-bond acceptors (Lipinski definition) is 3. The first kappa shape index (κ1) is 22.2. The summed E-state index contributed by atoms with van der Waals surface area (Å²) in [6.07, 6.45) is 4.26. The summed E-state index contributed by atoms with van der Waals surface area (Å²) in [7, 11) is 0. The van der Waals surface area contributed by atoms with Crippen LogP contribution in [0.5, 0.6) is 0 Å². The minimum Gasteiger partial charge on any atom is -0.457 e. The average Bonchev–Trinajstić information content (AvgIpc) is 2.84. The van der Waals surface area contributed by atoms with Crippen LogP contribution >= 0.6 is 11.6 Å². The fraction of sp³-hybridized carbons (Fsp3) is 0.143. The van der Waals surface area contributed by atoms with Gasteiger partial charge in [-0.15, -0.1) is 0 Å². The van der Waals surface area contributed by atoms with E-state index in [9.17, 15) is 13.6 Å². The monoisotopic (exact) mass is 475 g/mol. The number of para-hydroxylation sites is 1. The molecule has 34 heavy (non-hydrogen) atoms. The van der Waals surface area contributed by atoms with E-state index in [-0.39, 0.29) is 23.0 Å². The molecule has 0 amide bonds. The van der Waals surface area contributed by atoms with Gasteiger partial charge in [0.25, 0.3) is 0 Å². The lowest BCUT2D eigenvalue weighted by atomic mass is 9.86. The van der Waals surface area contributed by atoms with Crippen molar-refractivity contribution < 1.29 is 18.3 Å². The van der Waals surface area contributed by atoms with Crippen molar-refractivity contribution in [3.8, 4) is 0 Å². The highest BCUT2D eigenvalue weighted by Gasteiger charge is 2.26.